The minimum atomic E-state index is 0.632. The van der Waals surface area contributed by atoms with Gasteiger partial charge in [-0.3, -0.25) is 9.89 Å². The van der Waals surface area contributed by atoms with E-state index in [1.54, 1.807) is 7.11 Å². The summed E-state index contributed by atoms with van der Waals surface area (Å²) in [5, 5.41) is 3.54. The quantitative estimate of drug-likeness (QED) is 0.657. The summed E-state index contributed by atoms with van der Waals surface area (Å²) >= 11 is 0. The largest absolute Gasteiger partial charge is 0.384 e. The van der Waals surface area contributed by atoms with E-state index in [2.05, 4.69) is 44.4 Å². The fourth-order valence-corrected chi connectivity index (χ4v) is 3.80. The Kier molecular flexibility index (Phi) is 6.10. The third kappa shape index (κ3) is 4.28. The molecule has 3 rings (SSSR count). The van der Waals surface area contributed by atoms with E-state index >= 15 is 0 Å². The monoisotopic (exact) mass is 330 g/mol. The van der Waals surface area contributed by atoms with Crippen molar-refractivity contribution in [1.29, 1.82) is 0 Å². The molecular weight excluding hydrogens is 300 g/mol. The number of guanidine groups is 1. The van der Waals surface area contributed by atoms with Gasteiger partial charge in [0.25, 0.3) is 0 Å². The highest BCUT2D eigenvalue weighted by molar-refractivity contribution is 5.80. The van der Waals surface area contributed by atoms with Crippen molar-refractivity contribution in [2.75, 3.05) is 53.5 Å². The standard InChI is InChI=1S/C19H30N4O/c1-20-19(23-11-7-16(13-23)15-24-2)21-9-12-22-10-8-17-5-3-4-6-18(17)14-22/h3-6,16H,7-15H2,1-2H3,(H,20,21). The molecule has 2 aliphatic heterocycles. The van der Waals surface area contributed by atoms with Gasteiger partial charge in [0, 0.05) is 59.3 Å². The Bertz CT molecular complexity index is 560. The molecule has 1 saturated heterocycles. The molecule has 5 heteroatoms. The third-order valence-electron chi connectivity index (χ3n) is 5.12. The fourth-order valence-electron chi connectivity index (χ4n) is 3.80. The molecule has 1 unspecified atom stereocenters. The fraction of sp³-hybridized carbons (Fsp3) is 0.632. The summed E-state index contributed by atoms with van der Waals surface area (Å²) in [6, 6.07) is 8.81. The van der Waals surface area contributed by atoms with Crippen LogP contribution >= 0.6 is 0 Å². The van der Waals surface area contributed by atoms with Crippen molar-refractivity contribution < 1.29 is 4.74 Å². The maximum Gasteiger partial charge on any atom is 0.193 e. The van der Waals surface area contributed by atoms with Crippen molar-refractivity contribution in [3.63, 3.8) is 0 Å². The van der Waals surface area contributed by atoms with Crippen LogP contribution in [-0.4, -0.2) is 69.2 Å². The number of rotatable bonds is 5. The molecule has 5 nitrogen and oxygen atoms in total. The van der Waals surface area contributed by atoms with Crippen molar-refractivity contribution in [2.45, 2.75) is 19.4 Å². The van der Waals surface area contributed by atoms with E-state index in [4.69, 9.17) is 4.74 Å². The lowest BCUT2D eigenvalue weighted by Gasteiger charge is -2.29. The molecule has 1 fully saturated rings. The van der Waals surface area contributed by atoms with Crippen LogP contribution in [0.25, 0.3) is 0 Å². The molecule has 0 aromatic heterocycles. The van der Waals surface area contributed by atoms with Crippen molar-refractivity contribution >= 4 is 5.96 Å². The van der Waals surface area contributed by atoms with Crippen molar-refractivity contribution in [3.05, 3.63) is 35.4 Å². The minimum Gasteiger partial charge on any atom is -0.384 e. The first-order valence-electron chi connectivity index (χ1n) is 9.04. The molecule has 2 heterocycles. The zero-order chi connectivity index (χ0) is 16.8. The molecule has 1 N–H and O–H groups in total. The van der Waals surface area contributed by atoms with Gasteiger partial charge in [-0.25, -0.2) is 0 Å². The average Bonchev–Trinajstić information content (AvgIpc) is 3.07. The van der Waals surface area contributed by atoms with E-state index in [-0.39, 0.29) is 0 Å². The molecule has 0 spiro atoms. The number of nitrogens with one attached hydrogen (secondary N) is 1. The highest BCUT2D eigenvalue weighted by atomic mass is 16.5. The number of hydrogen-bond acceptors (Lipinski definition) is 3. The number of hydrogen-bond donors (Lipinski definition) is 1. The lowest BCUT2D eigenvalue weighted by atomic mass is 10.00. The predicted molar refractivity (Wildman–Crippen MR) is 98.3 cm³/mol. The van der Waals surface area contributed by atoms with Gasteiger partial charge in [-0.05, 0) is 24.0 Å². The van der Waals surface area contributed by atoms with Crippen molar-refractivity contribution in [1.82, 2.24) is 15.1 Å². The number of ether oxygens (including phenoxy) is 1. The summed E-state index contributed by atoms with van der Waals surface area (Å²) < 4.78 is 5.28. The first kappa shape index (κ1) is 17.2. The second-order valence-electron chi connectivity index (χ2n) is 6.82. The van der Waals surface area contributed by atoms with Gasteiger partial charge in [-0.15, -0.1) is 0 Å². The zero-order valence-electron chi connectivity index (χ0n) is 15.0. The minimum absolute atomic E-state index is 0.632. The molecular formula is C19H30N4O. The number of methoxy groups -OCH3 is 1. The van der Waals surface area contributed by atoms with Crippen LogP contribution in [0.15, 0.2) is 29.3 Å². The third-order valence-corrected chi connectivity index (χ3v) is 5.12. The molecule has 132 valence electrons. The summed E-state index contributed by atoms with van der Waals surface area (Å²) in [6.45, 7) is 7.19. The van der Waals surface area contributed by atoms with Crippen molar-refractivity contribution in [3.8, 4) is 0 Å². The summed E-state index contributed by atoms with van der Waals surface area (Å²) in [5.74, 6) is 1.66. The second kappa shape index (κ2) is 8.49. The number of likely N-dealkylation sites (tertiary alicyclic amines) is 1. The van der Waals surface area contributed by atoms with Crippen LogP contribution in [0.1, 0.15) is 17.5 Å². The summed E-state index contributed by atoms with van der Waals surface area (Å²) in [4.78, 5) is 9.34. The molecule has 0 aliphatic carbocycles. The number of fused-ring (bicyclic) bond motifs is 1. The normalized spacial score (nSPS) is 21.8. The maximum absolute atomic E-state index is 5.28. The van der Waals surface area contributed by atoms with Gasteiger partial charge < -0.3 is 15.0 Å². The van der Waals surface area contributed by atoms with E-state index < -0.39 is 0 Å². The van der Waals surface area contributed by atoms with E-state index in [9.17, 15) is 0 Å². The lowest BCUT2D eigenvalue weighted by molar-refractivity contribution is 0.157. The number of nitrogens with zero attached hydrogens (tertiary/aromatic N) is 3. The van der Waals surface area contributed by atoms with Gasteiger partial charge in [0.15, 0.2) is 5.96 Å². The number of benzene rings is 1. The first-order chi connectivity index (χ1) is 11.8. The van der Waals surface area contributed by atoms with Crippen LogP contribution in [-0.2, 0) is 17.7 Å². The lowest BCUT2D eigenvalue weighted by Crippen LogP contribution is -2.44. The van der Waals surface area contributed by atoms with E-state index in [0.29, 0.717) is 5.92 Å². The van der Waals surface area contributed by atoms with Gasteiger partial charge in [-0.1, -0.05) is 24.3 Å². The zero-order valence-corrected chi connectivity index (χ0v) is 15.0. The molecule has 1 aromatic carbocycles. The molecule has 0 amide bonds. The smallest absolute Gasteiger partial charge is 0.193 e. The van der Waals surface area contributed by atoms with Gasteiger partial charge in [0.05, 0.1) is 6.61 Å². The average molecular weight is 330 g/mol. The SMILES string of the molecule is CN=C(NCCN1CCc2ccccc2C1)N1CCC(COC)C1. The van der Waals surface area contributed by atoms with Crippen LogP contribution in [0, 0.1) is 5.92 Å². The Hall–Kier alpha value is -1.59. The van der Waals surface area contributed by atoms with Gasteiger partial charge in [0.2, 0.25) is 0 Å². The van der Waals surface area contributed by atoms with E-state index in [0.717, 1.165) is 58.3 Å². The van der Waals surface area contributed by atoms with Crippen LogP contribution in [0.4, 0.5) is 0 Å². The molecule has 2 aliphatic rings. The molecule has 0 saturated carbocycles. The topological polar surface area (TPSA) is 40.1 Å². The Morgan fingerprint density at radius 2 is 2.12 bits per heavy atom. The number of aliphatic imine (C=N–C) groups is 1. The van der Waals surface area contributed by atoms with E-state index in [1.165, 1.54) is 17.5 Å². The van der Waals surface area contributed by atoms with Crippen LogP contribution in [0.3, 0.4) is 0 Å². The Morgan fingerprint density at radius 3 is 2.92 bits per heavy atom. The Balaban J connectivity index is 1.43. The van der Waals surface area contributed by atoms with Gasteiger partial charge >= 0.3 is 0 Å². The second-order valence-corrected chi connectivity index (χ2v) is 6.82. The van der Waals surface area contributed by atoms with Gasteiger partial charge in [0.1, 0.15) is 0 Å². The first-order valence-corrected chi connectivity index (χ1v) is 9.04. The molecule has 1 aromatic rings. The molecule has 1 atom stereocenters. The van der Waals surface area contributed by atoms with Crippen LogP contribution < -0.4 is 5.32 Å². The van der Waals surface area contributed by atoms with Crippen LogP contribution in [0.2, 0.25) is 0 Å². The van der Waals surface area contributed by atoms with Crippen molar-refractivity contribution in [2.24, 2.45) is 10.9 Å². The highest BCUT2D eigenvalue weighted by Gasteiger charge is 2.24. The molecule has 0 radical (unpaired) electrons. The molecule has 0 bridgehead atoms. The summed E-state index contributed by atoms with van der Waals surface area (Å²) in [5.41, 5.74) is 2.99. The molecule has 24 heavy (non-hydrogen) atoms. The maximum atomic E-state index is 5.28. The van der Waals surface area contributed by atoms with E-state index in [1.807, 2.05) is 7.05 Å². The highest BCUT2D eigenvalue weighted by Crippen LogP contribution is 2.18. The Morgan fingerprint density at radius 1 is 1.29 bits per heavy atom. The van der Waals surface area contributed by atoms with Gasteiger partial charge in [-0.2, -0.15) is 0 Å². The Labute approximate surface area is 145 Å². The summed E-state index contributed by atoms with van der Waals surface area (Å²) in [7, 11) is 3.66. The predicted octanol–water partition coefficient (Wildman–Crippen LogP) is 1.59. The van der Waals surface area contributed by atoms with Crippen LogP contribution in [0.5, 0.6) is 0 Å². The summed E-state index contributed by atoms with van der Waals surface area (Å²) in [6.07, 6.45) is 2.35.